The van der Waals surface area contributed by atoms with E-state index in [2.05, 4.69) is 55.6 Å². The van der Waals surface area contributed by atoms with E-state index in [1.54, 1.807) is 0 Å². The van der Waals surface area contributed by atoms with Crippen molar-refractivity contribution in [2.24, 2.45) is 0 Å². The van der Waals surface area contributed by atoms with Crippen molar-refractivity contribution in [3.05, 3.63) is 99.1 Å². The number of nitrogens with one attached hydrogen (secondary N) is 4. The fraction of sp³-hybridized carbons (Fsp3) is 0.412. The molecule has 1 saturated heterocycles. The summed E-state index contributed by atoms with van der Waals surface area (Å²) in [7, 11) is 1.74. The Kier molecular flexibility index (Phi) is 11.8. The van der Waals surface area contributed by atoms with Crippen LogP contribution in [0.2, 0.25) is 0 Å². The standard InChI is InChI=1S/C34H44N8O5S2/c1-39(2)19-20-40(3)18-16-35-33(43)31-13-8-17-41(31)49(46,47)27-14-15-29(32(23-27)42(44)45)37-38-34(48)36-30-22-25-10-5-4-9-24(25)21-26-11-6-7-12-28(26)30/h4-7,9-12,14-15,23,30-31,37H,8,13,16-22H2,1-3H3,(H,35,43)(H2,36,38,48). The monoisotopic (exact) mass is 708 g/mol. The maximum absolute atomic E-state index is 13.7. The van der Waals surface area contributed by atoms with Gasteiger partial charge in [0.05, 0.1) is 15.9 Å². The summed E-state index contributed by atoms with van der Waals surface area (Å²) in [6.45, 7) is 2.85. The number of nitro benzene ring substituents is 1. The van der Waals surface area contributed by atoms with Gasteiger partial charge in [-0.15, -0.1) is 0 Å². The number of nitrogens with zero attached hydrogens (tertiary/aromatic N) is 4. The number of rotatable bonds is 13. The lowest BCUT2D eigenvalue weighted by molar-refractivity contribution is -0.384. The third kappa shape index (κ3) is 8.91. The molecule has 13 nitrogen and oxygen atoms in total. The summed E-state index contributed by atoms with van der Waals surface area (Å²) in [5.41, 5.74) is 9.98. The highest BCUT2D eigenvalue weighted by molar-refractivity contribution is 7.89. The molecule has 49 heavy (non-hydrogen) atoms. The molecule has 0 aromatic heterocycles. The normalized spacial score (nSPS) is 17.6. The van der Waals surface area contributed by atoms with Crippen molar-refractivity contribution in [2.75, 3.05) is 59.3 Å². The van der Waals surface area contributed by atoms with Gasteiger partial charge in [0, 0.05) is 38.8 Å². The van der Waals surface area contributed by atoms with Crippen LogP contribution in [0.4, 0.5) is 11.4 Å². The van der Waals surface area contributed by atoms with Crippen LogP contribution in [-0.2, 0) is 27.7 Å². The highest BCUT2D eigenvalue weighted by atomic mass is 32.2. The molecule has 3 aromatic rings. The molecule has 2 unspecified atom stereocenters. The minimum absolute atomic E-state index is 0.0359. The number of hydrazine groups is 1. The molecule has 0 radical (unpaired) electrons. The van der Waals surface area contributed by atoms with Gasteiger partial charge in [-0.05, 0) is 93.4 Å². The number of fused-ring (bicyclic) bond motifs is 2. The second-order valence-electron chi connectivity index (χ2n) is 12.7. The maximum Gasteiger partial charge on any atom is 0.295 e. The number of nitro groups is 1. The third-order valence-electron chi connectivity index (χ3n) is 8.97. The van der Waals surface area contributed by atoms with E-state index in [1.165, 1.54) is 28.8 Å². The van der Waals surface area contributed by atoms with Crippen molar-refractivity contribution in [1.82, 2.24) is 30.2 Å². The minimum atomic E-state index is -4.21. The first-order valence-electron chi connectivity index (χ1n) is 16.3. The first-order valence-corrected chi connectivity index (χ1v) is 18.2. The summed E-state index contributed by atoms with van der Waals surface area (Å²) >= 11 is 5.58. The van der Waals surface area contributed by atoms with Gasteiger partial charge in [0.15, 0.2) is 5.11 Å². The molecule has 1 fully saturated rings. The number of thiocarbonyl (C=S) groups is 1. The Morgan fingerprint density at radius 3 is 2.45 bits per heavy atom. The summed E-state index contributed by atoms with van der Waals surface area (Å²) in [5, 5.41) is 18.5. The zero-order chi connectivity index (χ0) is 35.1. The number of carbonyl (C=O) groups excluding carboxylic acids is 1. The fourth-order valence-electron chi connectivity index (χ4n) is 6.27. The highest BCUT2D eigenvalue weighted by Gasteiger charge is 2.40. The van der Waals surface area contributed by atoms with Crippen LogP contribution in [0.3, 0.4) is 0 Å². The lowest BCUT2D eigenvalue weighted by atomic mass is 9.98. The second-order valence-corrected chi connectivity index (χ2v) is 15.0. The summed E-state index contributed by atoms with van der Waals surface area (Å²) in [4.78, 5) is 28.4. The highest BCUT2D eigenvalue weighted by Crippen LogP contribution is 2.33. The molecule has 2 aliphatic rings. The van der Waals surface area contributed by atoms with E-state index in [-0.39, 0.29) is 34.2 Å². The Morgan fingerprint density at radius 2 is 1.71 bits per heavy atom. The Labute approximate surface area is 293 Å². The van der Waals surface area contributed by atoms with Gasteiger partial charge >= 0.3 is 0 Å². The number of likely N-dealkylation sites (N-methyl/N-ethyl adjacent to an activating group) is 2. The number of hydrogen-bond acceptors (Lipinski definition) is 9. The molecule has 2 atom stereocenters. The van der Waals surface area contributed by atoms with Crippen molar-refractivity contribution in [1.29, 1.82) is 0 Å². The Balaban J connectivity index is 1.23. The lowest BCUT2D eigenvalue weighted by Gasteiger charge is -2.24. The Bertz CT molecular complexity index is 1790. The van der Waals surface area contributed by atoms with E-state index < -0.39 is 26.7 Å². The molecule has 1 amide bonds. The average Bonchev–Trinajstić information content (AvgIpc) is 3.53. The number of benzene rings is 3. The molecule has 0 spiro atoms. The smallest absolute Gasteiger partial charge is 0.295 e. The van der Waals surface area contributed by atoms with Gasteiger partial charge in [0.25, 0.3) is 5.69 Å². The van der Waals surface area contributed by atoms with Crippen molar-refractivity contribution >= 4 is 44.6 Å². The predicted octanol–water partition coefficient (Wildman–Crippen LogP) is 3.04. The van der Waals surface area contributed by atoms with Crippen LogP contribution >= 0.6 is 12.2 Å². The van der Waals surface area contributed by atoms with E-state index >= 15 is 0 Å². The van der Waals surface area contributed by atoms with Gasteiger partial charge < -0.3 is 20.4 Å². The molecule has 4 N–H and O–H groups in total. The van der Waals surface area contributed by atoms with Crippen LogP contribution in [0.15, 0.2) is 71.6 Å². The van der Waals surface area contributed by atoms with E-state index in [0.717, 1.165) is 35.4 Å². The number of amides is 1. The molecule has 15 heteroatoms. The quantitative estimate of drug-likeness (QED) is 0.118. The molecule has 0 saturated carbocycles. The maximum atomic E-state index is 13.7. The summed E-state index contributed by atoms with van der Waals surface area (Å²) in [6, 6.07) is 19.1. The number of hydrogen-bond donors (Lipinski definition) is 4. The second kappa shape index (κ2) is 16.0. The summed E-state index contributed by atoms with van der Waals surface area (Å²) in [6.07, 6.45) is 2.38. The van der Waals surface area contributed by atoms with Gasteiger partial charge in [-0.2, -0.15) is 4.31 Å². The van der Waals surface area contributed by atoms with E-state index in [1.807, 2.05) is 45.4 Å². The third-order valence-corrected chi connectivity index (χ3v) is 11.1. The van der Waals surface area contributed by atoms with Gasteiger partial charge in [0.2, 0.25) is 15.9 Å². The topological polar surface area (TPSA) is 152 Å². The lowest BCUT2D eigenvalue weighted by Crippen LogP contribution is -2.47. The van der Waals surface area contributed by atoms with Crippen molar-refractivity contribution in [3.63, 3.8) is 0 Å². The number of carbonyl (C=O) groups is 1. The minimum Gasteiger partial charge on any atom is -0.354 e. The fourth-order valence-corrected chi connectivity index (χ4v) is 8.14. The van der Waals surface area contributed by atoms with Crippen molar-refractivity contribution in [3.8, 4) is 0 Å². The number of sulfonamides is 1. The average molecular weight is 709 g/mol. The molecule has 0 bridgehead atoms. The molecular weight excluding hydrogens is 665 g/mol. The molecule has 3 aromatic carbocycles. The first kappa shape index (κ1) is 36.1. The molecule has 1 aliphatic carbocycles. The van der Waals surface area contributed by atoms with Crippen molar-refractivity contribution in [2.45, 2.75) is 42.7 Å². The Hall–Kier alpha value is -4.15. The van der Waals surface area contributed by atoms with Crippen LogP contribution in [-0.4, -0.2) is 98.4 Å². The van der Waals surface area contributed by atoms with Crippen LogP contribution in [0.25, 0.3) is 0 Å². The molecular formula is C34H44N8O5S2. The zero-order valence-corrected chi connectivity index (χ0v) is 29.6. The molecule has 1 aliphatic heterocycles. The van der Waals surface area contributed by atoms with Gasteiger partial charge in [0.1, 0.15) is 11.7 Å². The Morgan fingerprint density at radius 1 is 1.00 bits per heavy atom. The SMILES string of the molecule is CN(C)CCN(C)CCNC(=O)C1CCCN1S(=O)(=O)c1ccc(NNC(=S)NC2Cc3ccccc3Cc3ccccc32)c([N+](=O)[O-])c1. The largest absolute Gasteiger partial charge is 0.354 e. The summed E-state index contributed by atoms with van der Waals surface area (Å²) in [5.74, 6) is -0.375. The zero-order valence-electron chi connectivity index (χ0n) is 28.0. The summed E-state index contributed by atoms with van der Waals surface area (Å²) < 4.78 is 28.6. The van der Waals surface area contributed by atoms with Crippen LogP contribution in [0.5, 0.6) is 0 Å². The first-order chi connectivity index (χ1) is 23.4. The van der Waals surface area contributed by atoms with Crippen LogP contribution in [0, 0.1) is 10.1 Å². The van der Waals surface area contributed by atoms with E-state index in [4.69, 9.17) is 12.2 Å². The van der Waals surface area contributed by atoms with E-state index in [0.29, 0.717) is 32.4 Å². The molecule has 1 heterocycles. The van der Waals surface area contributed by atoms with Gasteiger partial charge in [-0.25, -0.2) is 8.42 Å². The van der Waals surface area contributed by atoms with Crippen LogP contribution in [0.1, 0.15) is 41.1 Å². The predicted molar refractivity (Wildman–Crippen MR) is 194 cm³/mol. The molecule has 5 rings (SSSR count). The van der Waals surface area contributed by atoms with E-state index in [9.17, 15) is 23.3 Å². The van der Waals surface area contributed by atoms with Crippen LogP contribution < -0.4 is 21.5 Å². The van der Waals surface area contributed by atoms with Gasteiger partial charge in [-0.1, -0.05) is 48.5 Å². The van der Waals surface area contributed by atoms with Gasteiger partial charge in [-0.3, -0.25) is 25.8 Å². The molecule has 262 valence electrons. The number of anilines is 1. The van der Waals surface area contributed by atoms with Crippen molar-refractivity contribution < 1.29 is 18.1 Å².